The second kappa shape index (κ2) is 4.31. The van der Waals surface area contributed by atoms with Gasteiger partial charge in [0, 0.05) is 13.1 Å². The van der Waals surface area contributed by atoms with Gasteiger partial charge in [-0.1, -0.05) is 0 Å². The van der Waals surface area contributed by atoms with Crippen LogP contribution in [0.5, 0.6) is 0 Å². The summed E-state index contributed by atoms with van der Waals surface area (Å²) in [5.74, 6) is -0.730. The van der Waals surface area contributed by atoms with Gasteiger partial charge in [0.1, 0.15) is 0 Å². The van der Waals surface area contributed by atoms with Crippen LogP contribution in [0, 0.1) is 0 Å². The molecule has 1 fully saturated rings. The lowest BCUT2D eigenvalue weighted by Gasteiger charge is -2.15. The molecule has 0 bridgehead atoms. The number of carboxylic acid groups (broad SMARTS) is 1. The van der Waals surface area contributed by atoms with Crippen molar-refractivity contribution in [3.8, 4) is 0 Å². The summed E-state index contributed by atoms with van der Waals surface area (Å²) in [4.78, 5) is 12.3. The lowest BCUT2D eigenvalue weighted by Crippen LogP contribution is -2.32. The van der Waals surface area contributed by atoms with E-state index in [0.29, 0.717) is 0 Å². The first kappa shape index (κ1) is 8.49. The van der Waals surface area contributed by atoms with Crippen LogP contribution >= 0.6 is 0 Å². The van der Waals surface area contributed by atoms with E-state index >= 15 is 0 Å². The smallest absolute Gasteiger partial charge is 0.317 e. The fraction of sp³-hybridized carbons (Fsp3) is 0.857. The molecule has 0 saturated carbocycles. The van der Waals surface area contributed by atoms with E-state index in [1.165, 1.54) is 0 Å². The van der Waals surface area contributed by atoms with Gasteiger partial charge in [-0.3, -0.25) is 9.69 Å². The minimum atomic E-state index is -0.730. The lowest BCUT2D eigenvalue weighted by atomic mass is 10.4. The van der Waals surface area contributed by atoms with E-state index in [-0.39, 0.29) is 6.54 Å². The van der Waals surface area contributed by atoms with Crippen LogP contribution in [0.25, 0.3) is 0 Å². The highest BCUT2D eigenvalue weighted by molar-refractivity contribution is 5.69. The summed E-state index contributed by atoms with van der Waals surface area (Å²) in [6.45, 7) is 3.86. The SMILES string of the molecule is O=C(O)CN1CCCNCC1. The molecular weight excluding hydrogens is 144 g/mol. The third-order valence-electron chi connectivity index (χ3n) is 1.79. The van der Waals surface area contributed by atoms with E-state index in [9.17, 15) is 4.79 Å². The average Bonchev–Trinajstić information content (AvgIpc) is 2.14. The molecule has 0 aromatic carbocycles. The van der Waals surface area contributed by atoms with Crippen LogP contribution in [-0.4, -0.2) is 48.7 Å². The highest BCUT2D eigenvalue weighted by atomic mass is 16.4. The van der Waals surface area contributed by atoms with E-state index < -0.39 is 5.97 Å². The van der Waals surface area contributed by atoms with Crippen LogP contribution in [-0.2, 0) is 4.79 Å². The predicted molar refractivity (Wildman–Crippen MR) is 41.6 cm³/mol. The molecule has 1 aliphatic heterocycles. The molecule has 11 heavy (non-hydrogen) atoms. The Hall–Kier alpha value is -0.610. The zero-order valence-electron chi connectivity index (χ0n) is 6.55. The average molecular weight is 158 g/mol. The van der Waals surface area contributed by atoms with Crippen LogP contribution in [0.4, 0.5) is 0 Å². The summed E-state index contributed by atoms with van der Waals surface area (Å²) in [6, 6.07) is 0. The van der Waals surface area contributed by atoms with Crippen molar-refractivity contribution in [2.24, 2.45) is 0 Å². The number of nitrogens with one attached hydrogen (secondary N) is 1. The normalized spacial score (nSPS) is 21.1. The lowest BCUT2D eigenvalue weighted by molar-refractivity contribution is -0.138. The molecule has 0 atom stereocenters. The Morgan fingerprint density at radius 2 is 2.27 bits per heavy atom. The summed E-state index contributed by atoms with van der Waals surface area (Å²) in [5, 5.41) is 11.7. The Kier molecular flexibility index (Phi) is 3.32. The number of aliphatic carboxylic acids is 1. The van der Waals surface area contributed by atoms with E-state index in [1.54, 1.807) is 0 Å². The first-order valence-corrected chi connectivity index (χ1v) is 3.94. The van der Waals surface area contributed by atoms with Crippen molar-refractivity contribution in [1.29, 1.82) is 0 Å². The fourth-order valence-electron chi connectivity index (χ4n) is 1.25. The molecule has 2 N–H and O–H groups in total. The van der Waals surface area contributed by atoms with E-state index in [4.69, 9.17) is 5.11 Å². The first-order valence-electron chi connectivity index (χ1n) is 3.94. The van der Waals surface area contributed by atoms with Gasteiger partial charge in [-0.15, -0.1) is 0 Å². The van der Waals surface area contributed by atoms with Crippen molar-refractivity contribution in [3.63, 3.8) is 0 Å². The van der Waals surface area contributed by atoms with E-state index in [2.05, 4.69) is 5.32 Å². The standard InChI is InChI=1S/C7H14N2O2/c10-7(11)6-9-4-1-2-8-3-5-9/h8H,1-6H2,(H,10,11). The van der Waals surface area contributed by atoms with Gasteiger partial charge >= 0.3 is 5.97 Å². The van der Waals surface area contributed by atoms with Gasteiger partial charge in [0.25, 0.3) is 0 Å². The maximum Gasteiger partial charge on any atom is 0.317 e. The molecule has 0 spiro atoms. The molecule has 0 amide bonds. The number of carboxylic acids is 1. The number of rotatable bonds is 2. The molecule has 1 heterocycles. The van der Waals surface area contributed by atoms with Crippen molar-refractivity contribution in [2.45, 2.75) is 6.42 Å². The summed E-state index contributed by atoms with van der Waals surface area (Å²) in [7, 11) is 0. The molecule has 1 saturated heterocycles. The molecule has 0 aromatic rings. The molecule has 64 valence electrons. The van der Waals surface area contributed by atoms with Gasteiger partial charge in [0.05, 0.1) is 6.54 Å². The predicted octanol–water partition coefficient (Wildman–Crippen LogP) is -0.634. The minimum absolute atomic E-state index is 0.182. The summed E-state index contributed by atoms with van der Waals surface area (Å²) >= 11 is 0. The van der Waals surface area contributed by atoms with Crippen molar-refractivity contribution in [2.75, 3.05) is 32.7 Å². The fourth-order valence-corrected chi connectivity index (χ4v) is 1.25. The van der Waals surface area contributed by atoms with Crippen molar-refractivity contribution >= 4 is 5.97 Å². The Bertz CT molecular complexity index is 130. The third kappa shape index (κ3) is 3.34. The number of hydrogen-bond donors (Lipinski definition) is 2. The van der Waals surface area contributed by atoms with Crippen LogP contribution < -0.4 is 5.32 Å². The van der Waals surface area contributed by atoms with Crippen molar-refractivity contribution < 1.29 is 9.90 Å². The number of hydrogen-bond acceptors (Lipinski definition) is 3. The molecule has 0 unspecified atom stereocenters. The van der Waals surface area contributed by atoms with Gasteiger partial charge in [0.2, 0.25) is 0 Å². The zero-order valence-corrected chi connectivity index (χ0v) is 6.55. The van der Waals surface area contributed by atoms with Gasteiger partial charge in [0.15, 0.2) is 0 Å². The number of nitrogens with zero attached hydrogens (tertiary/aromatic N) is 1. The van der Waals surface area contributed by atoms with Crippen molar-refractivity contribution in [1.82, 2.24) is 10.2 Å². The van der Waals surface area contributed by atoms with Gasteiger partial charge < -0.3 is 10.4 Å². The van der Waals surface area contributed by atoms with E-state index in [1.807, 2.05) is 4.90 Å². The van der Waals surface area contributed by atoms with Crippen LogP contribution in [0.15, 0.2) is 0 Å². The Morgan fingerprint density at radius 1 is 1.45 bits per heavy atom. The molecular formula is C7H14N2O2. The van der Waals surface area contributed by atoms with Crippen LogP contribution in [0.2, 0.25) is 0 Å². The Morgan fingerprint density at radius 3 is 3.00 bits per heavy atom. The number of carbonyl (C=O) groups is 1. The Balaban J connectivity index is 2.25. The third-order valence-corrected chi connectivity index (χ3v) is 1.79. The van der Waals surface area contributed by atoms with Gasteiger partial charge in [-0.2, -0.15) is 0 Å². The highest BCUT2D eigenvalue weighted by Crippen LogP contribution is 1.93. The zero-order chi connectivity index (χ0) is 8.10. The molecule has 0 radical (unpaired) electrons. The summed E-state index contributed by atoms with van der Waals surface area (Å²) in [5.41, 5.74) is 0. The second-order valence-electron chi connectivity index (χ2n) is 2.77. The van der Waals surface area contributed by atoms with Gasteiger partial charge in [-0.25, -0.2) is 0 Å². The minimum Gasteiger partial charge on any atom is -0.480 e. The topological polar surface area (TPSA) is 52.6 Å². The first-order chi connectivity index (χ1) is 5.29. The maximum atomic E-state index is 10.3. The molecule has 0 aliphatic carbocycles. The second-order valence-corrected chi connectivity index (χ2v) is 2.77. The van der Waals surface area contributed by atoms with Crippen LogP contribution in [0.1, 0.15) is 6.42 Å². The molecule has 4 nitrogen and oxygen atoms in total. The van der Waals surface area contributed by atoms with Gasteiger partial charge in [-0.05, 0) is 19.5 Å². The maximum absolute atomic E-state index is 10.3. The largest absolute Gasteiger partial charge is 0.480 e. The summed E-state index contributed by atoms with van der Waals surface area (Å²) in [6.07, 6.45) is 1.05. The molecule has 1 aliphatic rings. The quantitative estimate of drug-likeness (QED) is 0.561. The van der Waals surface area contributed by atoms with Crippen LogP contribution in [0.3, 0.4) is 0 Å². The molecule has 4 heteroatoms. The highest BCUT2D eigenvalue weighted by Gasteiger charge is 2.10. The molecule has 0 aromatic heterocycles. The Labute approximate surface area is 66.2 Å². The monoisotopic (exact) mass is 158 g/mol. The molecule has 1 rings (SSSR count). The summed E-state index contributed by atoms with van der Waals surface area (Å²) < 4.78 is 0. The van der Waals surface area contributed by atoms with Crippen molar-refractivity contribution in [3.05, 3.63) is 0 Å². The van der Waals surface area contributed by atoms with E-state index in [0.717, 1.165) is 32.6 Å².